The molecule has 3 atom stereocenters. The molecule has 0 bridgehead atoms. The van der Waals surface area contributed by atoms with E-state index in [-0.39, 0.29) is 22.8 Å². The van der Waals surface area contributed by atoms with Crippen molar-refractivity contribution in [1.82, 2.24) is 10.2 Å². The predicted octanol–water partition coefficient (Wildman–Crippen LogP) is 2.42. The van der Waals surface area contributed by atoms with Crippen LogP contribution in [-0.2, 0) is 4.74 Å². The SMILES string of the molecule is Cc1c([C@H](C)NC[C@@H]2CN3CCC[C@@H]3CO2)cccc1[N+](=O)[O-]. The zero-order valence-corrected chi connectivity index (χ0v) is 13.8. The van der Waals surface area contributed by atoms with E-state index < -0.39 is 0 Å². The average molecular weight is 319 g/mol. The Morgan fingerprint density at radius 3 is 3.13 bits per heavy atom. The van der Waals surface area contributed by atoms with Crippen molar-refractivity contribution in [2.24, 2.45) is 0 Å². The topological polar surface area (TPSA) is 67.6 Å². The summed E-state index contributed by atoms with van der Waals surface area (Å²) >= 11 is 0. The van der Waals surface area contributed by atoms with Gasteiger partial charge in [-0.25, -0.2) is 0 Å². The third-order valence-corrected chi connectivity index (χ3v) is 5.12. The van der Waals surface area contributed by atoms with Gasteiger partial charge in [-0.1, -0.05) is 12.1 Å². The summed E-state index contributed by atoms with van der Waals surface area (Å²) in [5.41, 5.74) is 1.90. The third-order valence-electron chi connectivity index (χ3n) is 5.12. The molecule has 1 N–H and O–H groups in total. The van der Waals surface area contributed by atoms with Crippen LogP contribution < -0.4 is 5.32 Å². The third kappa shape index (κ3) is 3.54. The molecule has 0 spiro atoms. The molecule has 0 aliphatic carbocycles. The number of ether oxygens (including phenoxy) is 1. The first-order valence-electron chi connectivity index (χ1n) is 8.39. The molecule has 2 aliphatic heterocycles. The lowest BCUT2D eigenvalue weighted by molar-refractivity contribution is -0.385. The number of benzene rings is 1. The first kappa shape index (κ1) is 16.4. The number of nitro groups is 1. The number of nitrogens with one attached hydrogen (secondary N) is 1. The summed E-state index contributed by atoms with van der Waals surface area (Å²) in [7, 11) is 0. The van der Waals surface area contributed by atoms with E-state index in [4.69, 9.17) is 4.74 Å². The molecule has 2 aliphatic rings. The Hall–Kier alpha value is -1.50. The van der Waals surface area contributed by atoms with E-state index >= 15 is 0 Å². The summed E-state index contributed by atoms with van der Waals surface area (Å²) in [5, 5.41) is 14.5. The molecule has 2 heterocycles. The van der Waals surface area contributed by atoms with Crippen LogP contribution in [-0.4, -0.2) is 48.2 Å². The maximum absolute atomic E-state index is 11.1. The second-order valence-electron chi connectivity index (χ2n) is 6.62. The van der Waals surface area contributed by atoms with Gasteiger partial charge in [0.15, 0.2) is 0 Å². The van der Waals surface area contributed by atoms with Crippen molar-refractivity contribution in [3.8, 4) is 0 Å². The highest BCUT2D eigenvalue weighted by Gasteiger charge is 2.32. The normalized spacial score (nSPS) is 26.0. The molecule has 0 amide bonds. The largest absolute Gasteiger partial charge is 0.374 e. The van der Waals surface area contributed by atoms with Crippen molar-refractivity contribution in [3.63, 3.8) is 0 Å². The van der Waals surface area contributed by atoms with Crippen LogP contribution in [0, 0.1) is 17.0 Å². The van der Waals surface area contributed by atoms with Gasteiger partial charge < -0.3 is 10.1 Å². The first-order valence-corrected chi connectivity index (χ1v) is 8.39. The number of nitro benzene ring substituents is 1. The fraction of sp³-hybridized carbons (Fsp3) is 0.647. The van der Waals surface area contributed by atoms with Crippen molar-refractivity contribution in [2.75, 3.05) is 26.2 Å². The van der Waals surface area contributed by atoms with E-state index in [0.717, 1.165) is 30.8 Å². The summed E-state index contributed by atoms with van der Waals surface area (Å²) in [6, 6.07) is 5.95. The minimum absolute atomic E-state index is 0.0646. The van der Waals surface area contributed by atoms with Crippen molar-refractivity contribution >= 4 is 5.69 Å². The minimum Gasteiger partial charge on any atom is -0.374 e. The molecule has 3 rings (SSSR count). The average Bonchev–Trinajstić information content (AvgIpc) is 3.00. The van der Waals surface area contributed by atoms with E-state index in [9.17, 15) is 10.1 Å². The molecule has 1 aromatic rings. The number of rotatable bonds is 5. The van der Waals surface area contributed by atoms with Gasteiger partial charge in [-0.05, 0) is 38.8 Å². The van der Waals surface area contributed by atoms with Crippen LogP contribution in [0.1, 0.15) is 36.9 Å². The van der Waals surface area contributed by atoms with Crippen LogP contribution in [0.2, 0.25) is 0 Å². The zero-order chi connectivity index (χ0) is 16.4. The lowest BCUT2D eigenvalue weighted by Crippen LogP contribution is -2.49. The number of morpholine rings is 1. The summed E-state index contributed by atoms with van der Waals surface area (Å²) in [5.74, 6) is 0. The number of nitrogens with zero attached hydrogens (tertiary/aromatic N) is 2. The van der Waals surface area contributed by atoms with Crippen molar-refractivity contribution < 1.29 is 9.66 Å². The molecule has 23 heavy (non-hydrogen) atoms. The molecule has 1 aromatic carbocycles. The number of hydrogen-bond acceptors (Lipinski definition) is 5. The second-order valence-corrected chi connectivity index (χ2v) is 6.62. The molecule has 6 nitrogen and oxygen atoms in total. The molecule has 2 fully saturated rings. The van der Waals surface area contributed by atoms with E-state index in [2.05, 4.69) is 10.2 Å². The Bertz CT molecular complexity index is 578. The summed E-state index contributed by atoms with van der Waals surface area (Å²) < 4.78 is 5.96. The maximum Gasteiger partial charge on any atom is 0.272 e. The van der Waals surface area contributed by atoms with Crippen molar-refractivity contribution in [3.05, 3.63) is 39.4 Å². The van der Waals surface area contributed by atoms with E-state index in [1.165, 1.54) is 19.4 Å². The van der Waals surface area contributed by atoms with Crippen LogP contribution in [0.4, 0.5) is 5.69 Å². The first-order chi connectivity index (χ1) is 11.1. The molecular weight excluding hydrogens is 294 g/mol. The summed E-state index contributed by atoms with van der Waals surface area (Å²) in [6.45, 7) is 7.64. The molecular formula is C17H25N3O3. The van der Waals surface area contributed by atoms with Crippen molar-refractivity contribution in [2.45, 2.75) is 44.9 Å². The lowest BCUT2D eigenvalue weighted by Gasteiger charge is -2.35. The fourth-order valence-electron chi connectivity index (χ4n) is 3.74. The molecule has 2 saturated heterocycles. The Kier molecular flexibility index (Phi) is 4.94. The van der Waals surface area contributed by atoms with Gasteiger partial charge in [0.05, 0.1) is 17.6 Å². The Morgan fingerprint density at radius 2 is 2.35 bits per heavy atom. The van der Waals surface area contributed by atoms with Crippen LogP contribution in [0.5, 0.6) is 0 Å². The van der Waals surface area contributed by atoms with Gasteiger partial charge in [0, 0.05) is 36.8 Å². The van der Waals surface area contributed by atoms with Gasteiger partial charge in [-0.2, -0.15) is 0 Å². The van der Waals surface area contributed by atoms with Gasteiger partial charge in [0.1, 0.15) is 0 Å². The van der Waals surface area contributed by atoms with E-state index in [1.54, 1.807) is 12.1 Å². The van der Waals surface area contributed by atoms with Crippen LogP contribution in [0.15, 0.2) is 18.2 Å². The molecule has 0 saturated carbocycles. The van der Waals surface area contributed by atoms with Gasteiger partial charge in [0.2, 0.25) is 0 Å². The second kappa shape index (κ2) is 6.95. The number of hydrogen-bond donors (Lipinski definition) is 1. The Morgan fingerprint density at radius 1 is 1.52 bits per heavy atom. The molecule has 0 radical (unpaired) electrons. The van der Waals surface area contributed by atoms with Crippen LogP contribution in [0.3, 0.4) is 0 Å². The molecule has 0 unspecified atom stereocenters. The maximum atomic E-state index is 11.1. The minimum atomic E-state index is -0.316. The lowest BCUT2D eigenvalue weighted by atomic mass is 10.0. The van der Waals surface area contributed by atoms with E-state index in [0.29, 0.717) is 6.04 Å². The highest BCUT2D eigenvalue weighted by Crippen LogP contribution is 2.26. The quantitative estimate of drug-likeness (QED) is 0.667. The van der Waals surface area contributed by atoms with Gasteiger partial charge in [0.25, 0.3) is 5.69 Å². The standard InChI is InChI=1S/C17H25N3O3/c1-12-16(6-3-7-17(12)20(21)22)13(2)18-9-15-10-19-8-4-5-14(19)11-23-15/h3,6-7,13-15,18H,4-5,8-11H2,1-2H3/t13-,14+,15+/m0/s1. The molecule has 0 aromatic heterocycles. The van der Waals surface area contributed by atoms with Crippen molar-refractivity contribution in [1.29, 1.82) is 0 Å². The summed E-state index contributed by atoms with van der Waals surface area (Å²) in [6.07, 6.45) is 2.73. The zero-order valence-electron chi connectivity index (χ0n) is 13.8. The van der Waals surface area contributed by atoms with Crippen LogP contribution in [0.25, 0.3) is 0 Å². The molecule has 126 valence electrons. The molecule has 6 heteroatoms. The smallest absolute Gasteiger partial charge is 0.272 e. The Balaban J connectivity index is 1.58. The van der Waals surface area contributed by atoms with Gasteiger partial charge in [-0.15, -0.1) is 0 Å². The highest BCUT2D eigenvalue weighted by atomic mass is 16.6. The number of fused-ring (bicyclic) bond motifs is 1. The highest BCUT2D eigenvalue weighted by molar-refractivity contribution is 5.45. The predicted molar refractivity (Wildman–Crippen MR) is 88.6 cm³/mol. The van der Waals surface area contributed by atoms with Crippen LogP contribution >= 0.6 is 0 Å². The fourth-order valence-corrected chi connectivity index (χ4v) is 3.74. The van der Waals surface area contributed by atoms with E-state index in [1.807, 2.05) is 19.9 Å². The van der Waals surface area contributed by atoms with Gasteiger partial charge in [-0.3, -0.25) is 15.0 Å². The Labute approximate surface area is 137 Å². The monoisotopic (exact) mass is 319 g/mol. The van der Waals surface area contributed by atoms with Gasteiger partial charge >= 0.3 is 0 Å². The summed E-state index contributed by atoms with van der Waals surface area (Å²) in [4.78, 5) is 13.3.